The van der Waals surface area contributed by atoms with Crippen molar-refractivity contribution in [1.29, 1.82) is 0 Å². The van der Waals surface area contributed by atoms with Crippen LogP contribution in [0.4, 0.5) is 10.8 Å². The summed E-state index contributed by atoms with van der Waals surface area (Å²) >= 11 is 1.60. The molecule has 1 aliphatic carbocycles. The van der Waals surface area contributed by atoms with Gasteiger partial charge in [-0.25, -0.2) is 4.98 Å². The Morgan fingerprint density at radius 2 is 1.76 bits per heavy atom. The first-order valence-electron chi connectivity index (χ1n) is 14.3. The normalized spacial score (nSPS) is 13.6. The zero-order valence-corrected chi connectivity index (χ0v) is 24.4. The third-order valence-electron chi connectivity index (χ3n) is 7.56. The molecule has 0 atom stereocenters. The van der Waals surface area contributed by atoms with Crippen LogP contribution in [0.2, 0.25) is 0 Å². The van der Waals surface area contributed by atoms with Gasteiger partial charge in [0, 0.05) is 35.2 Å². The summed E-state index contributed by atoms with van der Waals surface area (Å²) in [6.07, 6.45) is 4.41. The summed E-state index contributed by atoms with van der Waals surface area (Å²) in [7, 11) is 1.33. The number of aryl methyl sites for hydroxylation is 2. The highest BCUT2D eigenvalue weighted by Gasteiger charge is 2.20. The van der Waals surface area contributed by atoms with Gasteiger partial charge in [-0.1, -0.05) is 18.2 Å². The first kappa shape index (κ1) is 27.8. The number of carbonyl (C=O) groups excluding carboxylic acids is 2. The number of anilines is 2. The number of aromatic nitrogens is 1. The zero-order valence-electron chi connectivity index (χ0n) is 23.6. The first-order valence-corrected chi connectivity index (χ1v) is 15.1. The van der Waals surface area contributed by atoms with E-state index in [1.165, 1.54) is 24.7 Å². The molecule has 1 aliphatic heterocycles. The average molecular weight is 584 g/mol. The maximum Gasteiger partial charge on any atom is 0.307 e. The van der Waals surface area contributed by atoms with Gasteiger partial charge in [-0.05, 0) is 78.4 Å². The highest BCUT2D eigenvalue weighted by molar-refractivity contribution is 7.14. The number of hydrogen-bond donors (Lipinski definition) is 1. The van der Waals surface area contributed by atoms with Gasteiger partial charge in [-0.3, -0.25) is 9.59 Å². The van der Waals surface area contributed by atoms with Crippen LogP contribution < -0.4 is 19.7 Å². The molecule has 0 saturated carbocycles. The molecular formula is C33H33N3O5S. The van der Waals surface area contributed by atoms with Crippen LogP contribution in [-0.2, 0) is 28.9 Å². The molecule has 9 heteroatoms. The van der Waals surface area contributed by atoms with Gasteiger partial charge in [0.25, 0.3) is 5.91 Å². The predicted octanol–water partition coefficient (Wildman–Crippen LogP) is 6.09. The van der Waals surface area contributed by atoms with Gasteiger partial charge >= 0.3 is 5.97 Å². The van der Waals surface area contributed by atoms with E-state index in [-0.39, 0.29) is 24.8 Å². The molecule has 2 heterocycles. The fourth-order valence-corrected chi connectivity index (χ4v) is 6.12. The quantitative estimate of drug-likeness (QED) is 0.239. The lowest BCUT2D eigenvalue weighted by molar-refractivity contribution is -0.140. The van der Waals surface area contributed by atoms with Crippen LogP contribution in [0, 0.1) is 0 Å². The number of methoxy groups -OCH3 is 1. The van der Waals surface area contributed by atoms with Gasteiger partial charge in [-0.15, -0.1) is 11.3 Å². The molecule has 0 spiro atoms. The minimum atomic E-state index is -0.355. The third-order valence-corrected chi connectivity index (χ3v) is 8.42. The summed E-state index contributed by atoms with van der Waals surface area (Å²) in [6, 6.07) is 20.3. The van der Waals surface area contributed by atoms with Crippen molar-refractivity contribution in [2.24, 2.45) is 0 Å². The largest absolute Gasteiger partial charge is 0.490 e. The van der Waals surface area contributed by atoms with E-state index in [0.717, 1.165) is 58.4 Å². The second kappa shape index (κ2) is 12.7. The molecular weight excluding hydrogens is 550 g/mol. The van der Waals surface area contributed by atoms with Crippen molar-refractivity contribution < 1.29 is 23.8 Å². The molecule has 0 bridgehead atoms. The summed E-state index contributed by atoms with van der Waals surface area (Å²) in [6.45, 7) is 2.12. The van der Waals surface area contributed by atoms with Gasteiger partial charge in [0.2, 0.25) is 0 Å². The van der Waals surface area contributed by atoms with Crippen LogP contribution in [-0.4, -0.2) is 43.7 Å². The van der Waals surface area contributed by atoms with E-state index >= 15 is 0 Å². The molecule has 0 radical (unpaired) electrons. The Balaban J connectivity index is 1.24. The summed E-state index contributed by atoms with van der Waals surface area (Å²) in [5, 5.41) is 5.73. The monoisotopic (exact) mass is 583 g/mol. The SMILES string of the molecule is COC(=O)CCNC(=O)c1ccc(CN(c2ccc3c(c2)CCC3)c2nc(-c3ccc4c(c3)OCCCO4)cs2)cc1. The lowest BCUT2D eigenvalue weighted by atomic mass is 10.1. The zero-order chi connectivity index (χ0) is 28.9. The average Bonchev–Trinajstić information content (AvgIpc) is 3.64. The highest BCUT2D eigenvalue weighted by Crippen LogP contribution is 2.38. The van der Waals surface area contributed by atoms with E-state index in [2.05, 4.69) is 38.5 Å². The minimum absolute atomic E-state index is 0.137. The van der Waals surface area contributed by atoms with E-state index in [1.807, 2.05) is 42.5 Å². The molecule has 1 amide bonds. The van der Waals surface area contributed by atoms with Gasteiger partial charge in [-0.2, -0.15) is 0 Å². The lowest BCUT2D eigenvalue weighted by Gasteiger charge is -2.23. The second-order valence-corrected chi connectivity index (χ2v) is 11.2. The van der Waals surface area contributed by atoms with Crippen molar-refractivity contribution >= 4 is 34.0 Å². The topological polar surface area (TPSA) is 90.0 Å². The number of rotatable bonds is 9. The molecule has 0 unspecified atom stereocenters. The van der Waals surface area contributed by atoms with Gasteiger partial charge < -0.3 is 24.4 Å². The number of esters is 1. The molecule has 1 N–H and O–H groups in total. The van der Waals surface area contributed by atoms with Crippen LogP contribution in [0.1, 0.15) is 46.3 Å². The Labute approximate surface area is 249 Å². The molecule has 4 aromatic rings. The number of carbonyl (C=O) groups is 2. The minimum Gasteiger partial charge on any atom is -0.490 e. The van der Waals surface area contributed by atoms with Crippen molar-refractivity contribution in [2.45, 2.75) is 38.6 Å². The van der Waals surface area contributed by atoms with E-state index in [9.17, 15) is 9.59 Å². The highest BCUT2D eigenvalue weighted by atomic mass is 32.1. The Kier molecular flexibility index (Phi) is 8.37. The number of fused-ring (bicyclic) bond motifs is 2. The molecule has 8 nitrogen and oxygen atoms in total. The summed E-state index contributed by atoms with van der Waals surface area (Å²) < 4.78 is 16.3. The Bertz CT molecular complexity index is 1580. The van der Waals surface area contributed by atoms with Crippen LogP contribution in [0.25, 0.3) is 11.3 Å². The molecule has 216 valence electrons. The molecule has 1 aromatic heterocycles. The van der Waals surface area contributed by atoms with Crippen molar-refractivity contribution in [3.8, 4) is 22.8 Å². The van der Waals surface area contributed by atoms with Crippen LogP contribution in [0.15, 0.2) is 66.0 Å². The molecule has 2 aliphatic rings. The molecule has 6 rings (SSSR count). The number of nitrogens with one attached hydrogen (secondary N) is 1. The predicted molar refractivity (Wildman–Crippen MR) is 163 cm³/mol. The smallest absolute Gasteiger partial charge is 0.307 e. The van der Waals surface area contributed by atoms with Crippen LogP contribution in [0.3, 0.4) is 0 Å². The Hall–Kier alpha value is -4.37. The van der Waals surface area contributed by atoms with E-state index in [1.54, 1.807) is 11.3 Å². The molecule has 0 saturated heterocycles. The van der Waals surface area contributed by atoms with Crippen LogP contribution in [0.5, 0.6) is 11.5 Å². The second-order valence-electron chi connectivity index (χ2n) is 10.4. The van der Waals surface area contributed by atoms with Crippen molar-refractivity contribution in [2.75, 3.05) is 31.8 Å². The fourth-order valence-electron chi connectivity index (χ4n) is 5.27. The maximum atomic E-state index is 12.5. The van der Waals surface area contributed by atoms with Crippen molar-refractivity contribution in [3.63, 3.8) is 0 Å². The third kappa shape index (κ3) is 6.26. The van der Waals surface area contributed by atoms with E-state index in [0.29, 0.717) is 25.3 Å². The van der Waals surface area contributed by atoms with Crippen molar-refractivity contribution in [3.05, 3.63) is 88.3 Å². The molecule has 42 heavy (non-hydrogen) atoms. The van der Waals surface area contributed by atoms with E-state index in [4.69, 9.17) is 14.5 Å². The summed E-state index contributed by atoms with van der Waals surface area (Å²) in [4.78, 5) is 31.2. The van der Waals surface area contributed by atoms with Gasteiger partial charge in [0.05, 0.1) is 39.0 Å². The standard InChI is InChI=1S/C33H33N3O5S/c1-39-31(37)14-15-34-32(38)24-8-6-22(7-9-24)20-36(27-12-10-23-4-2-5-25(23)18-27)33-35-28(21-42-33)26-11-13-29-30(19-26)41-17-3-16-40-29/h6-13,18-19,21H,2-5,14-17,20H2,1H3,(H,34,38). The van der Waals surface area contributed by atoms with Crippen LogP contribution >= 0.6 is 11.3 Å². The Morgan fingerprint density at radius 3 is 2.60 bits per heavy atom. The number of amides is 1. The first-order chi connectivity index (χ1) is 20.6. The number of benzene rings is 3. The van der Waals surface area contributed by atoms with Gasteiger partial charge in [0.15, 0.2) is 16.6 Å². The summed E-state index contributed by atoms with van der Waals surface area (Å²) in [5.74, 6) is 0.948. The Morgan fingerprint density at radius 1 is 0.952 bits per heavy atom. The lowest BCUT2D eigenvalue weighted by Crippen LogP contribution is -2.26. The fraction of sp³-hybridized carbons (Fsp3) is 0.303. The maximum absolute atomic E-state index is 12.5. The number of nitrogens with zero attached hydrogens (tertiary/aromatic N) is 2. The number of hydrogen-bond acceptors (Lipinski definition) is 8. The van der Waals surface area contributed by atoms with Gasteiger partial charge in [0.1, 0.15) is 0 Å². The molecule has 0 fully saturated rings. The number of ether oxygens (including phenoxy) is 3. The summed E-state index contributed by atoms with van der Waals surface area (Å²) in [5.41, 5.74) is 7.38. The number of thiazole rings is 1. The van der Waals surface area contributed by atoms with E-state index < -0.39 is 0 Å². The molecule has 3 aromatic carbocycles. The van der Waals surface area contributed by atoms with Crippen molar-refractivity contribution in [1.82, 2.24) is 10.3 Å².